The van der Waals surface area contributed by atoms with Gasteiger partial charge in [0.05, 0.1) is 6.10 Å². The van der Waals surface area contributed by atoms with Crippen molar-refractivity contribution >= 4 is 0 Å². The van der Waals surface area contributed by atoms with Crippen LogP contribution in [0, 0.1) is 16.7 Å². The molecule has 2 unspecified atom stereocenters. The highest BCUT2D eigenvalue weighted by Crippen LogP contribution is 2.46. The second-order valence-electron chi connectivity index (χ2n) is 6.77. The van der Waals surface area contributed by atoms with Gasteiger partial charge in [-0.2, -0.15) is 0 Å². The standard InChI is InChI=1S/C16H28O/c1-7-10-15(3,4)14(17)11-13-9-8-12(2)16(13,5)6/h7-8,13-14,17H,1,9-11H2,2-6H3. The molecule has 0 heterocycles. The second-order valence-corrected chi connectivity index (χ2v) is 6.77. The first kappa shape index (κ1) is 14.5. The van der Waals surface area contributed by atoms with Crippen LogP contribution in [0.3, 0.4) is 0 Å². The topological polar surface area (TPSA) is 20.2 Å². The summed E-state index contributed by atoms with van der Waals surface area (Å²) in [5.41, 5.74) is 1.65. The Kier molecular flexibility index (Phi) is 4.24. The van der Waals surface area contributed by atoms with Crippen molar-refractivity contribution in [3.63, 3.8) is 0 Å². The molecule has 0 aliphatic heterocycles. The van der Waals surface area contributed by atoms with Crippen molar-refractivity contribution in [2.24, 2.45) is 16.7 Å². The maximum atomic E-state index is 10.4. The van der Waals surface area contributed by atoms with Crippen LogP contribution in [-0.4, -0.2) is 11.2 Å². The lowest BCUT2D eigenvalue weighted by Gasteiger charge is -2.36. The first-order valence-corrected chi connectivity index (χ1v) is 6.68. The monoisotopic (exact) mass is 236 g/mol. The van der Waals surface area contributed by atoms with Crippen molar-refractivity contribution in [2.45, 2.75) is 60.0 Å². The lowest BCUT2D eigenvalue weighted by atomic mass is 9.71. The molecule has 1 rings (SSSR count). The third kappa shape index (κ3) is 3.01. The van der Waals surface area contributed by atoms with Crippen LogP contribution in [0.25, 0.3) is 0 Å². The molecule has 0 aromatic heterocycles. The van der Waals surface area contributed by atoms with E-state index in [0.29, 0.717) is 5.92 Å². The fraction of sp³-hybridized carbons (Fsp3) is 0.750. The van der Waals surface area contributed by atoms with E-state index in [1.807, 2.05) is 6.08 Å². The number of aliphatic hydroxyl groups excluding tert-OH is 1. The van der Waals surface area contributed by atoms with E-state index in [9.17, 15) is 5.11 Å². The molecule has 2 atom stereocenters. The molecule has 0 fully saturated rings. The summed E-state index contributed by atoms with van der Waals surface area (Å²) in [5, 5.41) is 10.4. The highest BCUT2D eigenvalue weighted by Gasteiger charge is 2.38. The summed E-state index contributed by atoms with van der Waals surface area (Å²) >= 11 is 0. The maximum Gasteiger partial charge on any atom is 0.0597 e. The molecule has 0 saturated carbocycles. The Morgan fingerprint density at radius 2 is 2.18 bits per heavy atom. The van der Waals surface area contributed by atoms with Crippen LogP contribution in [0.2, 0.25) is 0 Å². The van der Waals surface area contributed by atoms with Gasteiger partial charge in [0, 0.05) is 0 Å². The molecule has 1 N–H and O–H groups in total. The van der Waals surface area contributed by atoms with Crippen molar-refractivity contribution in [1.82, 2.24) is 0 Å². The third-order valence-electron chi connectivity index (χ3n) is 4.83. The van der Waals surface area contributed by atoms with Gasteiger partial charge in [0.1, 0.15) is 0 Å². The molecule has 0 aromatic carbocycles. The average molecular weight is 236 g/mol. The van der Waals surface area contributed by atoms with E-state index in [4.69, 9.17) is 0 Å². The van der Waals surface area contributed by atoms with Crippen LogP contribution >= 0.6 is 0 Å². The fourth-order valence-electron chi connectivity index (χ4n) is 2.69. The van der Waals surface area contributed by atoms with E-state index in [1.165, 1.54) is 5.57 Å². The molecule has 0 amide bonds. The van der Waals surface area contributed by atoms with Gasteiger partial charge in [-0.05, 0) is 42.9 Å². The van der Waals surface area contributed by atoms with Crippen molar-refractivity contribution in [1.29, 1.82) is 0 Å². The van der Waals surface area contributed by atoms with Crippen LogP contribution in [0.15, 0.2) is 24.3 Å². The summed E-state index contributed by atoms with van der Waals surface area (Å²) in [6.07, 6.45) is 6.86. The van der Waals surface area contributed by atoms with E-state index >= 15 is 0 Å². The van der Waals surface area contributed by atoms with Gasteiger partial charge in [-0.1, -0.05) is 45.4 Å². The smallest absolute Gasteiger partial charge is 0.0597 e. The summed E-state index contributed by atoms with van der Waals surface area (Å²) in [6, 6.07) is 0. The van der Waals surface area contributed by atoms with E-state index in [1.54, 1.807) is 0 Å². The largest absolute Gasteiger partial charge is 0.393 e. The Morgan fingerprint density at radius 3 is 2.59 bits per heavy atom. The van der Waals surface area contributed by atoms with Crippen LogP contribution in [0.4, 0.5) is 0 Å². The molecule has 0 saturated heterocycles. The SMILES string of the molecule is C=CCC(C)(C)C(O)CC1CC=C(C)C1(C)C. The lowest BCUT2D eigenvalue weighted by molar-refractivity contribution is 0.0198. The quantitative estimate of drug-likeness (QED) is 0.704. The first-order chi connectivity index (χ1) is 7.71. The zero-order valence-corrected chi connectivity index (χ0v) is 12.1. The Balaban J connectivity index is 2.65. The zero-order valence-electron chi connectivity index (χ0n) is 12.1. The molecule has 1 nitrogen and oxygen atoms in total. The van der Waals surface area contributed by atoms with Gasteiger partial charge < -0.3 is 5.11 Å². The average Bonchev–Trinajstić information content (AvgIpc) is 2.44. The van der Waals surface area contributed by atoms with E-state index in [-0.39, 0.29) is 16.9 Å². The summed E-state index contributed by atoms with van der Waals surface area (Å²) in [7, 11) is 0. The molecule has 1 aliphatic carbocycles. The highest BCUT2D eigenvalue weighted by molar-refractivity contribution is 5.18. The van der Waals surface area contributed by atoms with Crippen molar-refractivity contribution < 1.29 is 5.11 Å². The minimum atomic E-state index is -0.246. The molecule has 0 spiro atoms. The lowest BCUT2D eigenvalue weighted by Crippen LogP contribution is -2.34. The van der Waals surface area contributed by atoms with Crippen LogP contribution in [0.5, 0.6) is 0 Å². The summed E-state index contributed by atoms with van der Waals surface area (Å²) in [5.74, 6) is 0.571. The number of aliphatic hydroxyl groups is 1. The van der Waals surface area contributed by atoms with Crippen molar-refractivity contribution in [2.75, 3.05) is 0 Å². The third-order valence-corrected chi connectivity index (χ3v) is 4.83. The Labute approximate surface area is 107 Å². The Morgan fingerprint density at radius 1 is 1.59 bits per heavy atom. The van der Waals surface area contributed by atoms with E-state index in [0.717, 1.165) is 19.3 Å². The molecule has 0 radical (unpaired) electrons. The number of allylic oxidation sites excluding steroid dienone is 3. The molecular formula is C16H28O. The normalized spacial score (nSPS) is 25.5. The number of rotatable bonds is 5. The van der Waals surface area contributed by atoms with Crippen molar-refractivity contribution in [3.05, 3.63) is 24.3 Å². The Hall–Kier alpha value is -0.560. The zero-order chi connectivity index (χ0) is 13.3. The van der Waals surface area contributed by atoms with Crippen molar-refractivity contribution in [3.8, 4) is 0 Å². The van der Waals surface area contributed by atoms with Crippen LogP contribution in [0.1, 0.15) is 53.9 Å². The van der Waals surface area contributed by atoms with Gasteiger partial charge in [0.2, 0.25) is 0 Å². The van der Waals surface area contributed by atoms with Gasteiger partial charge in [0.25, 0.3) is 0 Å². The molecule has 0 aromatic rings. The first-order valence-electron chi connectivity index (χ1n) is 6.68. The fourth-order valence-corrected chi connectivity index (χ4v) is 2.69. The highest BCUT2D eigenvalue weighted by atomic mass is 16.3. The number of hydrogen-bond donors (Lipinski definition) is 1. The molecule has 0 bridgehead atoms. The summed E-state index contributed by atoms with van der Waals surface area (Å²) < 4.78 is 0. The minimum Gasteiger partial charge on any atom is -0.393 e. The molecule has 1 heteroatoms. The van der Waals surface area contributed by atoms with Crippen LogP contribution < -0.4 is 0 Å². The van der Waals surface area contributed by atoms with E-state index < -0.39 is 0 Å². The van der Waals surface area contributed by atoms with Crippen LogP contribution in [-0.2, 0) is 0 Å². The maximum absolute atomic E-state index is 10.4. The summed E-state index contributed by atoms with van der Waals surface area (Å²) in [4.78, 5) is 0. The van der Waals surface area contributed by atoms with Gasteiger partial charge in [-0.3, -0.25) is 0 Å². The molecular weight excluding hydrogens is 208 g/mol. The summed E-state index contributed by atoms with van der Waals surface area (Å²) in [6.45, 7) is 14.8. The molecule has 98 valence electrons. The van der Waals surface area contributed by atoms with Gasteiger partial charge in [-0.25, -0.2) is 0 Å². The molecule has 17 heavy (non-hydrogen) atoms. The van der Waals surface area contributed by atoms with Gasteiger partial charge in [0.15, 0.2) is 0 Å². The van der Waals surface area contributed by atoms with Gasteiger partial charge in [-0.15, -0.1) is 6.58 Å². The minimum absolute atomic E-state index is 0.0612. The predicted octanol–water partition coefficient (Wildman–Crippen LogP) is 4.33. The second kappa shape index (κ2) is 4.97. The molecule has 1 aliphatic rings. The predicted molar refractivity (Wildman–Crippen MR) is 74.9 cm³/mol. The van der Waals surface area contributed by atoms with Gasteiger partial charge >= 0.3 is 0 Å². The van der Waals surface area contributed by atoms with E-state index in [2.05, 4.69) is 47.3 Å². The number of hydrogen-bond acceptors (Lipinski definition) is 1. The Bertz CT molecular complexity index is 309.